The van der Waals surface area contributed by atoms with E-state index in [1.807, 2.05) is 0 Å². The molecule has 3 amide bonds. The second-order valence-corrected chi connectivity index (χ2v) is 7.36. The minimum Gasteiger partial charge on any atom is -0.459 e. The van der Waals surface area contributed by atoms with Crippen LogP contribution in [0.3, 0.4) is 0 Å². The number of anilines is 2. The lowest BCUT2D eigenvalue weighted by molar-refractivity contribution is 0.0858. The van der Waals surface area contributed by atoms with Gasteiger partial charge in [0.15, 0.2) is 5.76 Å². The summed E-state index contributed by atoms with van der Waals surface area (Å²) in [4.78, 5) is 37.6. The maximum absolute atomic E-state index is 12.8. The lowest BCUT2D eigenvalue weighted by Gasteiger charge is -2.14. The van der Waals surface area contributed by atoms with Gasteiger partial charge in [0, 0.05) is 24.4 Å². The van der Waals surface area contributed by atoms with Crippen molar-refractivity contribution in [1.29, 1.82) is 0 Å². The van der Waals surface area contributed by atoms with E-state index in [0.717, 1.165) is 12.8 Å². The number of rotatable bonds is 7. The Hall–Kier alpha value is -3.91. The van der Waals surface area contributed by atoms with Gasteiger partial charge in [0.2, 0.25) is 0 Å². The van der Waals surface area contributed by atoms with Gasteiger partial charge < -0.3 is 25.1 Å². The molecule has 164 valence electrons. The zero-order valence-electron chi connectivity index (χ0n) is 17.3. The van der Waals surface area contributed by atoms with Crippen molar-refractivity contribution < 1.29 is 23.5 Å². The number of ether oxygens (including phenoxy) is 1. The highest BCUT2D eigenvalue weighted by Gasteiger charge is 2.19. The van der Waals surface area contributed by atoms with Crippen LogP contribution in [0.15, 0.2) is 71.3 Å². The second kappa shape index (κ2) is 9.93. The monoisotopic (exact) mass is 433 g/mol. The zero-order chi connectivity index (χ0) is 22.3. The predicted octanol–water partition coefficient (Wildman–Crippen LogP) is 3.69. The SMILES string of the molecule is O=C(Nc1ccccc1C(=O)NCC1CCCO1)c1cccc(NC(=O)c2ccco2)c1. The van der Waals surface area contributed by atoms with Gasteiger partial charge in [-0.3, -0.25) is 14.4 Å². The van der Waals surface area contributed by atoms with Crippen molar-refractivity contribution in [3.8, 4) is 0 Å². The normalized spacial score (nSPS) is 15.2. The summed E-state index contributed by atoms with van der Waals surface area (Å²) in [5, 5.41) is 8.34. The number of benzene rings is 2. The fraction of sp³-hybridized carbons (Fsp3) is 0.208. The molecule has 0 spiro atoms. The van der Waals surface area contributed by atoms with Crippen molar-refractivity contribution in [3.05, 3.63) is 83.8 Å². The van der Waals surface area contributed by atoms with Gasteiger partial charge >= 0.3 is 0 Å². The van der Waals surface area contributed by atoms with Crippen LogP contribution >= 0.6 is 0 Å². The van der Waals surface area contributed by atoms with E-state index in [4.69, 9.17) is 9.15 Å². The highest BCUT2D eigenvalue weighted by atomic mass is 16.5. The maximum atomic E-state index is 12.8. The van der Waals surface area contributed by atoms with E-state index in [1.165, 1.54) is 6.26 Å². The van der Waals surface area contributed by atoms with Crippen LogP contribution in [0, 0.1) is 0 Å². The minimum atomic E-state index is -0.416. The van der Waals surface area contributed by atoms with Gasteiger partial charge in [0.1, 0.15) is 0 Å². The molecule has 3 aromatic rings. The summed E-state index contributed by atoms with van der Waals surface area (Å²) in [6.45, 7) is 1.15. The number of hydrogen-bond acceptors (Lipinski definition) is 5. The standard InChI is InChI=1S/C24H23N3O5/c28-22(16-6-3-7-17(14-16)26-24(30)21-11-5-13-32-21)27-20-10-2-1-9-19(20)23(29)25-15-18-8-4-12-31-18/h1-3,5-7,9-11,13-14,18H,4,8,12,15H2,(H,25,29)(H,26,30)(H,27,28). The number of furan rings is 1. The lowest BCUT2D eigenvalue weighted by Crippen LogP contribution is -2.32. The Morgan fingerprint density at radius 1 is 0.906 bits per heavy atom. The molecule has 8 heteroatoms. The number of carbonyl (C=O) groups excluding carboxylic acids is 3. The molecule has 2 heterocycles. The third kappa shape index (κ3) is 5.22. The highest BCUT2D eigenvalue weighted by Crippen LogP contribution is 2.19. The van der Waals surface area contributed by atoms with Crippen LogP contribution in [0.1, 0.15) is 44.1 Å². The van der Waals surface area contributed by atoms with Gasteiger partial charge in [-0.2, -0.15) is 0 Å². The summed E-state index contributed by atoms with van der Waals surface area (Å²) in [7, 11) is 0. The van der Waals surface area contributed by atoms with Gasteiger partial charge in [0.25, 0.3) is 17.7 Å². The first-order valence-corrected chi connectivity index (χ1v) is 10.4. The highest BCUT2D eigenvalue weighted by molar-refractivity contribution is 6.10. The molecule has 3 N–H and O–H groups in total. The molecular weight excluding hydrogens is 410 g/mol. The van der Waals surface area contributed by atoms with Crippen molar-refractivity contribution in [2.75, 3.05) is 23.8 Å². The predicted molar refractivity (Wildman–Crippen MR) is 119 cm³/mol. The van der Waals surface area contributed by atoms with E-state index in [0.29, 0.717) is 35.7 Å². The molecule has 1 atom stereocenters. The molecule has 0 aliphatic carbocycles. The molecule has 32 heavy (non-hydrogen) atoms. The van der Waals surface area contributed by atoms with E-state index in [9.17, 15) is 14.4 Å². The summed E-state index contributed by atoms with van der Waals surface area (Å²) < 4.78 is 10.6. The van der Waals surface area contributed by atoms with Crippen LogP contribution < -0.4 is 16.0 Å². The van der Waals surface area contributed by atoms with Gasteiger partial charge in [-0.05, 0) is 55.3 Å². The van der Waals surface area contributed by atoms with Crippen molar-refractivity contribution in [1.82, 2.24) is 5.32 Å². The summed E-state index contributed by atoms with van der Waals surface area (Å²) in [6.07, 6.45) is 3.35. The Bertz CT molecular complexity index is 1100. The summed E-state index contributed by atoms with van der Waals surface area (Å²) >= 11 is 0. The van der Waals surface area contributed by atoms with Crippen LogP contribution in [0.5, 0.6) is 0 Å². The van der Waals surface area contributed by atoms with Gasteiger partial charge in [-0.1, -0.05) is 18.2 Å². The van der Waals surface area contributed by atoms with E-state index in [-0.39, 0.29) is 17.8 Å². The van der Waals surface area contributed by atoms with Crippen LogP contribution in [-0.2, 0) is 4.74 Å². The third-order valence-electron chi connectivity index (χ3n) is 5.06. The van der Waals surface area contributed by atoms with Gasteiger partial charge in [-0.15, -0.1) is 0 Å². The van der Waals surface area contributed by atoms with Crippen LogP contribution in [-0.4, -0.2) is 37.0 Å². The first kappa shape index (κ1) is 21.3. The average Bonchev–Trinajstić information content (AvgIpc) is 3.52. The van der Waals surface area contributed by atoms with Crippen LogP contribution in [0.25, 0.3) is 0 Å². The molecule has 1 fully saturated rings. The number of para-hydroxylation sites is 1. The fourth-order valence-electron chi connectivity index (χ4n) is 3.43. The number of amides is 3. The molecule has 0 radical (unpaired) electrons. The van der Waals surface area contributed by atoms with E-state index in [1.54, 1.807) is 60.7 Å². The topological polar surface area (TPSA) is 110 Å². The Morgan fingerprint density at radius 2 is 1.78 bits per heavy atom. The van der Waals surface area contributed by atoms with Crippen molar-refractivity contribution >= 4 is 29.1 Å². The molecule has 1 aliphatic rings. The number of hydrogen-bond donors (Lipinski definition) is 3. The molecule has 2 aromatic carbocycles. The van der Waals surface area contributed by atoms with E-state index < -0.39 is 11.8 Å². The van der Waals surface area contributed by atoms with Crippen molar-refractivity contribution in [2.24, 2.45) is 0 Å². The van der Waals surface area contributed by atoms with E-state index in [2.05, 4.69) is 16.0 Å². The Morgan fingerprint density at radius 3 is 2.56 bits per heavy atom. The molecule has 1 saturated heterocycles. The van der Waals surface area contributed by atoms with Crippen LogP contribution in [0.4, 0.5) is 11.4 Å². The van der Waals surface area contributed by atoms with E-state index >= 15 is 0 Å². The molecule has 8 nitrogen and oxygen atoms in total. The quantitative estimate of drug-likeness (QED) is 0.526. The van der Waals surface area contributed by atoms with Crippen molar-refractivity contribution in [2.45, 2.75) is 18.9 Å². The second-order valence-electron chi connectivity index (χ2n) is 7.36. The minimum absolute atomic E-state index is 0.0276. The first-order chi connectivity index (χ1) is 15.6. The smallest absolute Gasteiger partial charge is 0.291 e. The summed E-state index contributed by atoms with van der Waals surface area (Å²) in [5.74, 6) is -0.932. The fourth-order valence-corrected chi connectivity index (χ4v) is 3.43. The lowest BCUT2D eigenvalue weighted by atomic mass is 10.1. The van der Waals surface area contributed by atoms with Gasteiger partial charge in [-0.25, -0.2) is 0 Å². The summed E-state index contributed by atoms with van der Waals surface area (Å²) in [6, 6.07) is 16.5. The Balaban J connectivity index is 1.42. The maximum Gasteiger partial charge on any atom is 0.291 e. The molecule has 1 aliphatic heterocycles. The molecule has 1 aromatic heterocycles. The van der Waals surface area contributed by atoms with Crippen LogP contribution in [0.2, 0.25) is 0 Å². The largest absolute Gasteiger partial charge is 0.459 e. The average molecular weight is 433 g/mol. The molecule has 0 bridgehead atoms. The Kier molecular flexibility index (Phi) is 6.62. The molecular formula is C24H23N3O5. The molecule has 4 rings (SSSR count). The third-order valence-corrected chi connectivity index (χ3v) is 5.06. The summed E-state index contributed by atoms with van der Waals surface area (Å²) in [5.41, 5.74) is 1.53. The Labute approximate surface area is 185 Å². The van der Waals surface area contributed by atoms with Crippen molar-refractivity contribution in [3.63, 3.8) is 0 Å². The first-order valence-electron chi connectivity index (χ1n) is 10.4. The van der Waals surface area contributed by atoms with Gasteiger partial charge in [0.05, 0.1) is 23.6 Å². The number of nitrogens with one attached hydrogen (secondary N) is 3. The zero-order valence-corrected chi connectivity index (χ0v) is 17.3. The number of carbonyl (C=O) groups is 3. The molecule has 0 saturated carbocycles. The molecule has 1 unspecified atom stereocenters.